The van der Waals surface area contributed by atoms with Crippen molar-refractivity contribution in [1.29, 1.82) is 0 Å². The number of phenolic OH excluding ortho intramolecular Hbond substituents is 1. The van der Waals surface area contributed by atoms with E-state index in [0.717, 1.165) is 0 Å². The van der Waals surface area contributed by atoms with Crippen LogP contribution in [0.5, 0.6) is 11.5 Å². The van der Waals surface area contributed by atoms with Gasteiger partial charge in [-0.3, -0.25) is 0 Å². The molecule has 0 fully saturated rings. The van der Waals surface area contributed by atoms with Gasteiger partial charge in [-0.15, -0.1) is 0 Å². The molecular weight excluding hydrogens is 262 g/mol. The molecule has 72 valence electrons. The summed E-state index contributed by atoms with van der Waals surface area (Å²) in [4.78, 5) is 0. The van der Waals surface area contributed by atoms with E-state index in [1.807, 2.05) is 0 Å². The molecule has 0 aliphatic carbocycles. The van der Waals surface area contributed by atoms with Crippen molar-refractivity contribution in [2.24, 2.45) is 5.14 Å². The zero-order valence-corrected chi connectivity index (χ0v) is 8.67. The molecule has 7 heteroatoms. The van der Waals surface area contributed by atoms with Crippen LogP contribution in [-0.2, 0) is 10.3 Å². The van der Waals surface area contributed by atoms with Crippen molar-refractivity contribution < 1.29 is 17.7 Å². The Kier molecular flexibility index (Phi) is 2.79. The zero-order valence-electron chi connectivity index (χ0n) is 6.27. The van der Waals surface area contributed by atoms with E-state index in [4.69, 9.17) is 5.11 Å². The molecule has 3 N–H and O–H groups in total. The van der Waals surface area contributed by atoms with Gasteiger partial charge >= 0.3 is 10.3 Å². The number of nitrogens with two attached hydrogens (primary N) is 1. The second-order valence-electron chi connectivity index (χ2n) is 2.19. The Hall–Kier alpha value is -0.790. The van der Waals surface area contributed by atoms with Crippen molar-refractivity contribution in [1.82, 2.24) is 0 Å². The highest BCUT2D eigenvalue weighted by molar-refractivity contribution is 9.10. The zero-order chi connectivity index (χ0) is 10.1. The Labute approximate surface area is 83.5 Å². The predicted octanol–water partition coefficient (Wildman–Crippen LogP) is 0.737. The quantitative estimate of drug-likeness (QED) is 0.827. The van der Waals surface area contributed by atoms with Crippen LogP contribution in [0, 0.1) is 0 Å². The van der Waals surface area contributed by atoms with Crippen molar-refractivity contribution in [2.45, 2.75) is 0 Å². The van der Waals surface area contributed by atoms with Gasteiger partial charge in [0.15, 0.2) is 11.5 Å². The fourth-order valence-electron chi connectivity index (χ4n) is 0.680. The molecule has 0 heterocycles. The minimum atomic E-state index is -4.10. The van der Waals surface area contributed by atoms with Crippen molar-refractivity contribution >= 4 is 26.2 Å². The Morgan fingerprint density at radius 2 is 2.08 bits per heavy atom. The third-order valence-electron chi connectivity index (χ3n) is 1.13. The number of aromatic hydroxyl groups is 1. The molecule has 0 amide bonds. The summed E-state index contributed by atoms with van der Waals surface area (Å²) in [6, 6.07) is 4.11. The lowest BCUT2D eigenvalue weighted by Gasteiger charge is -2.04. The summed E-state index contributed by atoms with van der Waals surface area (Å²) < 4.78 is 25.8. The highest BCUT2D eigenvalue weighted by Crippen LogP contribution is 2.29. The molecule has 0 spiro atoms. The van der Waals surface area contributed by atoms with Crippen molar-refractivity contribution in [3.63, 3.8) is 0 Å². The van der Waals surface area contributed by atoms with Gasteiger partial charge in [-0.2, -0.15) is 13.6 Å². The molecule has 1 aromatic rings. The third-order valence-corrected chi connectivity index (χ3v) is 2.03. The maximum Gasteiger partial charge on any atom is 0.380 e. The second-order valence-corrected chi connectivity index (χ2v) is 4.26. The average molecular weight is 268 g/mol. The Morgan fingerprint density at radius 3 is 2.62 bits per heavy atom. The first-order valence-electron chi connectivity index (χ1n) is 3.09. The maximum absolute atomic E-state index is 10.5. The monoisotopic (exact) mass is 267 g/mol. The van der Waals surface area contributed by atoms with E-state index >= 15 is 0 Å². The Bertz CT molecular complexity index is 417. The van der Waals surface area contributed by atoms with Crippen LogP contribution in [0.4, 0.5) is 0 Å². The van der Waals surface area contributed by atoms with Crippen molar-refractivity contribution in [3.05, 3.63) is 22.7 Å². The van der Waals surface area contributed by atoms with Crippen LogP contribution in [0.25, 0.3) is 0 Å². The van der Waals surface area contributed by atoms with Crippen molar-refractivity contribution in [3.8, 4) is 11.5 Å². The van der Waals surface area contributed by atoms with Gasteiger partial charge in [0.25, 0.3) is 0 Å². The maximum atomic E-state index is 10.5. The molecule has 0 unspecified atom stereocenters. The van der Waals surface area contributed by atoms with Crippen LogP contribution >= 0.6 is 15.9 Å². The topological polar surface area (TPSA) is 89.6 Å². The van der Waals surface area contributed by atoms with Crippen LogP contribution in [0.2, 0.25) is 0 Å². The van der Waals surface area contributed by atoms with Crippen LogP contribution < -0.4 is 9.32 Å². The minimum absolute atomic E-state index is 0.211. The second kappa shape index (κ2) is 3.52. The van der Waals surface area contributed by atoms with E-state index < -0.39 is 10.3 Å². The predicted molar refractivity (Wildman–Crippen MR) is 49.5 cm³/mol. The average Bonchev–Trinajstić information content (AvgIpc) is 1.94. The largest absolute Gasteiger partial charge is 0.504 e. The summed E-state index contributed by atoms with van der Waals surface area (Å²) >= 11 is 3.08. The Balaban J connectivity index is 3.08. The first kappa shape index (κ1) is 10.3. The van der Waals surface area contributed by atoms with E-state index in [1.54, 1.807) is 0 Å². The smallest absolute Gasteiger partial charge is 0.380 e. The van der Waals surface area contributed by atoms with Crippen LogP contribution in [0.1, 0.15) is 0 Å². The van der Waals surface area contributed by atoms with Gasteiger partial charge in [0.05, 0.1) is 0 Å². The lowest BCUT2D eigenvalue weighted by atomic mass is 10.3. The molecule has 0 aliphatic heterocycles. The van der Waals surface area contributed by atoms with Gasteiger partial charge in [-0.25, -0.2) is 0 Å². The lowest BCUT2D eigenvalue weighted by molar-refractivity contribution is 0.428. The first-order valence-corrected chi connectivity index (χ1v) is 5.35. The standard InChI is InChI=1S/C6H6BrNO4S/c7-4-1-2-5(9)6(3-4)12-13(8,10)11/h1-3,9H,(H2,8,10,11). The fourth-order valence-corrected chi connectivity index (χ4v) is 1.40. The summed E-state index contributed by atoms with van der Waals surface area (Å²) in [7, 11) is -4.10. The summed E-state index contributed by atoms with van der Waals surface area (Å²) in [6.45, 7) is 0. The minimum Gasteiger partial charge on any atom is -0.504 e. The van der Waals surface area contributed by atoms with Gasteiger partial charge in [0.1, 0.15) is 0 Å². The molecule has 1 rings (SSSR count). The first-order chi connectivity index (χ1) is 5.88. The molecule has 0 saturated carbocycles. The van der Waals surface area contributed by atoms with Gasteiger partial charge in [-0.1, -0.05) is 15.9 Å². The van der Waals surface area contributed by atoms with Gasteiger partial charge in [-0.05, 0) is 12.1 Å². The SMILES string of the molecule is NS(=O)(=O)Oc1cc(Br)ccc1O. The van der Waals surface area contributed by atoms with Crippen LogP contribution in [0.15, 0.2) is 22.7 Å². The van der Waals surface area contributed by atoms with Gasteiger partial charge in [0.2, 0.25) is 0 Å². The van der Waals surface area contributed by atoms with Gasteiger partial charge in [0, 0.05) is 10.5 Å². The number of hydrogen-bond acceptors (Lipinski definition) is 4. The molecule has 5 nitrogen and oxygen atoms in total. The fraction of sp³-hybridized carbons (Fsp3) is 0. The van der Waals surface area contributed by atoms with E-state index in [-0.39, 0.29) is 11.5 Å². The summed E-state index contributed by atoms with van der Waals surface area (Å²) in [5.74, 6) is -0.505. The summed E-state index contributed by atoms with van der Waals surface area (Å²) in [5.41, 5.74) is 0. The van der Waals surface area contributed by atoms with E-state index in [2.05, 4.69) is 25.3 Å². The number of hydrogen-bond donors (Lipinski definition) is 2. The molecule has 0 radical (unpaired) electrons. The number of rotatable bonds is 2. The van der Waals surface area contributed by atoms with Crippen LogP contribution in [-0.4, -0.2) is 13.5 Å². The normalized spacial score (nSPS) is 11.2. The van der Waals surface area contributed by atoms with Crippen LogP contribution in [0.3, 0.4) is 0 Å². The van der Waals surface area contributed by atoms with E-state index in [1.165, 1.54) is 18.2 Å². The lowest BCUT2D eigenvalue weighted by Crippen LogP contribution is -2.18. The third kappa shape index (κ3) is 3.21. The number of halogens is 1. The molecule has 0 aromatic heterocycles. The van der Waals surface area contributed by atoms with E-state index in [0.29, 0.717) is 4.47 Å². The highest BCUT2D eigenvalue weighted by atomic mass is 79.9. The Morgan fingerprint density at radius 1 is 1.46 bits per heavy atom. The van der Waals surface area contributed by atoms with E-state index in [9.17, 15) is 8.42 Å². The summed E-state index contributed by atoms with van der Waals surface area (Å²) in [5, 5.41) is 13.7. The number of phenols is 1. The molecule has 0 saturated heterocycles. The highest BCUT2D eigenvalue weighted by Gasteiger charge is 2.09. The molecule has 0 bridgehead atoms. The van der Waals surface area contributed by atoms with Gasteiger partial charge < -0.3 is 9.29 Å². The molecule has 0 aliphatic rings. The summed E-state index contributed by atoms with van der Waals surface area (Å²) in [6.07, 6.45) is 0. The molecule has 0 atom stereocenters. The molecule has 13 heavy (non-hydrogen) atoms. The molecule has 1 aromatic carbocycles. The van der Waals surface area contributed by atoms with Crippen molar-refractivity contribution in [2.75, 3.05) is 0 Å². The number of benzene rings is 1. The molecular formula is C6H6BrNO4S.